The minimum absolute atomic E-state index is 0.0512. The van der Waals surface area contributed by atoms with Crippen molar-refractivity contribution in [3.05, 3.63) is 36.9 Å². The number of carboxylic acid groups (broad SMARTS) is 1. The van der Waals surface area contributed by atoms with Crippen molar-refractivity contribution in [2.75, 3.05) is 11.9 Å². The van der Waals surface area contributed by atoms with Gasteiger partial charge in [-0.15, -0.1) is 0 Å². The van der Waals surface area contributed by atoms with Gasteiger partial charge in [-0.25, -0.2) is 0 Å². The average molecular weight is 303 g/mol. The van der Waals surface area contributed by atoms with Crippen molar-refractivity contribution in [3.63, 3.8) is 0 Å². The van der Waals surface area contributed by atoms with Crippen molar-refractivity contribution < 1.29 is 19.4 Å². The first-order valence-corrected chi connectivity index (χ1v) is 7.47. The van der Waals surface area contributed by atoms with Gasteiger partial charge in [0.05, 0.1) is 5.92 Å². The zero-order valence-corrected chi connectivity index (χ0v) is 12.5. The highest BCUT2D eigenvalue weighted by Crippen LogP contribution is 2.30. The summed E-state index contributed by atoms with van der Waals surface area (Å²) in [5, 5.41) is 11.9. The lowest BCUT2D eigenvalue weighted by Gasteiger charge is -2.25. The van der Waals surface area contributed by atoms with E-state index in [1.807, 2.05) is 18.2 Å². The van der Waals surface area contributed by atoms with Crippen molar-refractivity contribution in [1.82, 2.24) is 0 Å². The van der Waals surface area contributed by atoms with E-state index >= 15 is 0 Å². The third-order valence-corrected chi connectivity index (χ3v) is 3.92. The monoisotopic (exact) mass is 303 g/mol. The molecule has 0 aromatic heterocycles. The van der Waals surface area contributed by atoms with E-state index in [-0.39, 0.29) is 17.7 Å². The molecule has 1 amide bonds. The van der Waals surface area contributed by atoms with Gasteiger partial charge in [-0.2, -0.15) is 0 Å². The lowest BCUT2D eigenvalue weighted by Crippen LogP contribution is -2.29. The van der Waals surface area contributed by atoms with E-state index in [2.05, 4.69) is 11.9 Å². The van der Waals surface area contributed by atoms with E-state index in [9.17, 15) is 9.59 Å². The molecule has 0 aliphatic heterocycles. The standard InChI is InChI=1S/C17H21NO4/c1-2-10-22-15-5-3-4-14(11-15)18-16(19)12-6-8-13(9-7-12)17(20)21/h2-5,11-13H,1,6-10H2,(H,18,19)(H,20,21). The number of carbonyl (C=O) groups excluding carboxylic acids is 1. The number of nitrogens with one attached hydrogen (secondary N) is 1. The highest BCUT2D eigenvalue weighted by Gasteiger charge is 2.29. The molecule has 1 aromatic carbocycles. The summed E-state index contributed by atoms with van der Waals surface area (Å²) < 4.78 is 5.43. The Kier molecular flexibility index (Phi) is 5.58. The van der Waals surface area contributed by atoms with Gasteiger partial charge in [0.15, 0.2) is 0 Å². The number of rotatable bonds is 6. The molecule has 1 fully saturated rings. The van der Waals surface area contributed by atoms with Gasteiger partial charge in [0.1, 0.15) is 12.4 Å². The fourth-order valence-corrected chi connectivity index (χ4v) is 2.67. The number of benzene rings is 1. The van der Waals surface area contributed by atoms with E-state index in [1.54, 1.807) is 12.1 Å². The number of hydrogen-bond acceptors (Lipinski definition) is 3. The first-order valence-electron chi connectivity index (χ1n) is 7.47. The average Bonchev–Trinajstić information content (AvgIpc) is 2.53. The Morgan fingerprint density at radius 2 is 1.95 bits per heavy atom. The van der Waals surface area contributed by atoms with Gasteiger partial charge in [-0.1, -0.05) is 18.7 Å². The van der Waals surface area contributed by atoms with Gasteiger partial charge in [-0.05, 0) is 37.8 Å². The SMILES string of the molecule is C=CCOc1cccc(NC(=O)C2CCC(C(=O)O)CC2)c1. The summed E-state index contributed by atoms with van der Waals surface area (Å²) in [6, 6.07) is 7.21. The molecule has 0 spiro atoms. The van der Waals surface area contributed by atoms with Crippen LogP contribution < -0.4 is 10.1 Å². The van der Waals surface area contributed by atoms with Crippen LogP contribution >= 0.6 is 0 Å². The number of carboxylic acids is 1. The van der Waals surface area contributed by atoms with Crippen molar-refractivity contribution in [1.29, 1.82) is 0 Å². The zero-order valence-electron chi connectivity index (χ0n) is 12.5. The fraction of sp³-hybridized carbons (Fsp3) is 0.412. The van der Waals surface area contributed by atoms with Gasteiger partial charge in [0, 0.05) is 17.7 Å². The summed E-state index contributed by atoms with van der Waals surface area (Å²) >= 11 is 0. The van der Waals surface area contributed by atoms with E-state index in [0.717, 1.165) is 0 Å². The highest BCUT2D eigenvalue weighted by atomic mass is 16.5. The van der Waals surface area contributed by atoms with E-state index in [4.69, 9.17) is 9.84 Å². The van der Waals surface area contributed by atoms with Crippen molar-refractivity contribution in [2.24, 2.45) is 11.8 Å². The lowest BCUT2D eigenvalue weighted by atomic mass is 9.81. The molecule has 22 heavy (non-hydrogen) atoms. The molecule has 1 saturated carbocycles. The molecule has 1 aliphatic rings. The molecule has 2 rings (SSSR count). The summed E-state index contributed by atoms with van der Waals surface area (Å²) in [7, 11) is 0. The Bertz CT molecular complexity index is 547. The van der Waals surface area contributed by atoms with Crippen LogP contribution in [0.5, 0.6) is 5.75 Å². The number of carbonyl (C=O) groups is 2. The first kappa shape index (κ1) is 16.1. The second-order valence-electron chi connectivity index (χ2n) is 5.50. The van der Waals surface area contributed by atoms with Crippen molar-refractivity contribution in [2.45, 2.75) is 25.7 Å². The number of hydrogen-bond donors (Lipinski definition) is 2. The Morgan fingerprint density at radius 1 is 1.27 bits per heavy atom. The number of anilines is 1. The maximum absolute atomic E-state index is 12.3. The second kappa shape index (κ2) is 7.64. The second-order valence-corrected chi connectivity index (χ2v) is 5.50. The first-order chi connectivity index (χ1) is 10.6. The Labute approximate surface area is 130 Å². The molecule has 0 atom stereocenters. The van der Waals surface area contributed by atoms with Crippen LogP contribution in [0, 0.1) is 11.8 Å². The zero-order chi connectivity index (χ0) is 15.9. The normalized spacial score (nSPS) is 20.9. The predicted molar refractivity (Wildman–Crippen MR) is 83.8 cm³/mol. The Hall–Kier alpha value is -2.30. The van der Waals surface area contributed by atoms with Crippen molar-refractivity contribution >= 4 is 17.6 Å². The molecule has 0 bridgehead atoms. The molecule has 5 nitrogen and oxygen atoms in total. The van der Waals surface area contributed by atoms with E-state index < -0.39 is 5.97 Å². The van der Waals surface area contributed by atoms with Crippen LogP contribution in [0.2, 0.25) is 0 Å². The molecular weight excluding hydrogens is 282 g/mol. The third-order valence-electron chi connectivity index (χ3n) is 3.92. The topological polar surface area (TPSA) is 75.6 Å². The van der Waals surface area contributed by atoms with Crippen LogP contribution in [0.1, 0.15) is 25.7 Å². The number of amides is 1. The fourth-order valence-electron chi connectivity index (χ4n) is 2.67. The maximum Gasteiger partial charge on any atom is 0.306 e. The molecule has 1 aliphatic carbocycles. The Balaban J connectivity index is 1.89. The molecule has 5 heteroatoms. The van der Waals surface area contributed by atoms with Gasteiger partial charge in [0.2, 0.25) is 5.91 Å². The summed E-state index contributed by atoms with van der Waals surface area (Å²) in [4.78, 5) is 23.2. The summed E-state index contributed by atoms with van der Waals surface area (Å²) in [6.45, 7) is 4.00. The molecule has 0 heterocycles. The lowest BCUT2D eigenvalue weighted by molar-refractivity contribution is -0.143. The van der Waals surface area contributed by atoms with Crippen LogP contribution in [0.15, 0.2) is 36.9 Å². The minimum atomic E-state index is -0.758. The maximum atomic E-state index is 12.3. The van der Waals surface area contributed by atoms with E-state index in [1.165, 1.54) is 0 Å². The third kappa shape index (κ3) is 4.35. The van der Waals surface area contributed by atoms with Crippen LogP contribution in [-0.2, 0) is 9.59 Å². The minimum Gasteiger partial charge on any atom is -0.489 e. The predicted octanol–water partition coefficient (Wildman–Crippen LogP) is 3.08. The molecule has 0 saturated heterocycles. The molecule has 118 valence electrons. The van der Waals surface area contributed by atoms with Gasteiger partial charge >= 0.3 is 5.97 Å². The van der Waals surface area contributed by atoms with Gasteiger partial charge < -0.3 is 15.2 Å². The molecular formula is C17H21NO4. The summed E-state index contributed by atoms with van der Waals surface area (Å²) in [6.07, 6.45) is 4.03. The quantitative estimate of drug-likeness (QED) is 0.792. The van der Waals surface area contributed by atoms with Crippen LogP contribution in [-0.4, -0.2) is 23.6 Å². The van der Waals surface area contributed by atoms with Crippen LogP contribution in [0.25, 0.3) is 0 Å². The highest BCUT2D eigenvalue weighted by molar-refractivity contribution is 5.92. The summed E-state index contributed by atoms with van der Waals surface area (Å²) in [5.74, 6) is -0.559. The van der Waals surface area contributed by atoms with Crippen LogP contribution in [0.3, 0.4) is 0 Å². The largest absolute Gasteiger partial charge is 0.489 e. The molecule has 0 unspecified atom stereocenters. The molecule has 0 radical (unpaired) electrons. The summed E-state index contributed by atoms with van der Waals surface area (Å²) in [5.41, 5.74) is 0.687. The van der Waals surface area contributed by atoms with Gasteiger partial charge in [-0.3, -0.25) is 9.59 Å². The number of ether oxygens (including phenoxy) is 1. The van der Waals surface area contributed by atoms with Crippen LogP contribution in [0.4, 0.5) is 5.69 Å². The van der Waals surface area contributed by atoms with Gasteiger partial charge in [0.25, 0.3) is 0 Å². The molecule has 1 aromatic rings. The Morgan fingerprint density at radius 3 is 2.59 bits per heavy atom. The number of aliphatic carboxylic acids is 1. The van der Waals surface area contributed by atoms with Crippen molar-refractivity contribution in [3.8, 4) is 5.75 Å². The van der Waals surface area contributed by atoms with E-state index in [0.29, 0.717) is 43.7 Å². The smallest absolute Gasteiger partial charge is 0.306 e. The molecule has 2 N–H and O–H groups in total.